The number of benzene rings is 2. The smallest absolute Gasteiger partial charge is 0.326 e. The summed E-state index contributed by atoms with van der Waals surface area (Å²) >= 11 is 5.94. The van der Waals surface area contributed by atoms with E-state index in [2.05, 4.69) is 0 Å². The average molecular weight is 348 g/mol. The van der Waals surface area contributed by atoms with Crippen LogP contribution < -0.4 is 4.74 Å². The fourth-order valence-electron chi connectivity index (χ4n) is 2.08. The highest BCUT2D eigenvalue weighted by molar-refractivity contribution is 6.30. The Morgan fingerprint density at radius 3 is 2.58 bits per heavy atom. The molecule has 0 aliphatic rings. The number of hydrogen-bond acceptors (Lipinski definition) is 3. The molecule has 0 aliphatic heterocycles. The quantitative estimate of drug-likeness (QED) is 0.866. The number of carboxylic acids is 1. The highest BCUT2D eigenvalue weighted by Crippen LogP contribution is 2.27. The summed E-state index contributed by atoms with van der Waals surface area (Å²) in [6.07, 6.45) is 0.0465. The van der Waals surface area contributed by atoms with Gasteiger partial charge in [-0.1, -0.05) is 35.9 Å². The lowest BCUT2D eigenvalue weighted by atomic mass is 10.1. The molecule has 0 saturated heterocycles. The molecule has 0 spiro atoms. The number of nitrogens with zero attached hydrogens (tertiary/aromatic N) is 1. The molecule has 0 saturated carbocycles. The Morgan fingerprint density at radius 1 is 1.21 bits per heavy atom. The summed E-state index contributed by atoms with van der Waals surface area (Å²) in [5.74, 6) is -0.250. The van der Waals surface area contributed by atoms with E-state index < -0.39 is 12.0 Å². The zero-order valence-electron chi connectivity index (χ0n) is 13.4. The summed E-state index contributed by atoms with van der Waals surface area (Å²) in [4.78, 5) is 24.5. The van der Waals surface area contributed by atoms with Crippen molar-refractivity contribution in [1.82, 2.24) is 4.90 Å². The predicted molar refractivity (Wildman–Crippen MR) is 91.5 cm³/mol. The fourth-order valence-corrected chi connectivity index (χ4v) is 2.26. The van der Waals surface area contributed by atoms with Gasteiger partial charge in [-0.2, -0.15) is 0 Å². The van der Waals surface area contributed by atoms with E-state index in [1.54, 1.807) is 48.5 Å². The van der Waals surface area contributed by atoms with E-state index in [1.807, 2.05) is 0 Å². The van der Waals surface area contributed by atoms with Crippen LogP contribution in [0, 0.1) is 0 Å². The molecule has 0 radical (unpaired) electrons. The van der Waals surface area contributed by atoms with E-state index in [0.29, 0.717) is 22.1 Å². The molecule has 0 heterocycles. The van der Waals surface area contributed by atoms with Crippen LogP contribution in [0.15, 0.2) is 48.5 Å². The Morgan fingerprint density at radius 2 is 1.92 bits per heavy atom. The van der Waals surface area contributed by atoms with Gasteiger partial charge in [0, 0.05) is 17.6 Å². The van der Waals surface area contributed by atoms with Crippen LogP contribution in [0.2, 0.25) is 5.02 Å². The number of hydrogen-bond donors (Lipinski definition) is 1. The van der Waals surface area contributed by atoms with Gasteiger partial charge in [0.2, 0.25) is 5.91 Å². The lowest BCUT2D eigenvalue weighted by molar-refractivity contribution is -0.148. The van der Waals surface area contributed by atoms with Crippen molar-refractivity contribution in [2.45, 2.75) is 19.4 Å². The van der Waals surface area contributed by atoms with Crippen molar-refractivity contribution in [2.24, 2.45) is 0 Å². The molecule has 6 heteroatoms. The maximum absolute atomic E-state index is 12.3. The standard InChI is InChI=1S/C18H18ClNO4/c1-12(18(22)23)20(2)17(21)10-13-6-3-4-9-16(13)24-15-8-5-7-14(19)11-15/h3-9,11-12H,10H2,1-2H3,(H,22,23). The number of halogens is 1. The summed E-state index contributed by atoms with van der Waals surface area (Å²) in [5, 5.41) is 9.56. The second-order valence-corrected chi connectivity index (χ2v) is 5.80. The molecule has 1 unspecified atom stereocenters. The Bertz CT molecular complexity index is 747. The van der Waals surface area contributed by atoms with E-state index in [-0.39, 0.29) is 12.3 Å². The molecule has 1 atom stereocenters. The van der Waals surface area contributed by atoms with Gasteiger partial charge in [0.1, 0.15) is 17.5 Å². The highest BCUT2D eigenvalue weighted by atomic mass is 35.5. The van der Waals surface area contributed by atoms with Gasteiger partial charge in [0.15, 0.2) is 0 Å². The normalized spacial score (nSPS) is 11.6. The van der Waals surface area contributed by atoms with Crippen molar-refractivity contribution < 1.29 is 19.4 Å². The molecule has 1 N–H and O–H groups in total. The monoisotopic (exact) mass is 347 g/mol. The average Bonchev–Trinajstić information content (AvgIpc) is 2.55. The second-order valence-electron chi connectivity index (χ2n) is 5.36. The molecule has 1 amide bonds. The first-order chi connectivity index (χ1) is 11.4. The third-order valence-electron chi connectivity index (χ3n) is 3.67. The number of aliphatic carboxylic acids is 1. The van der Waals surface area contributed by atoms with Crippen LogP contribution >= 0.6 is 11.6 Å². The van der Waals surface area contributed by atoms with Gasteiger partial charge in [-0.05, 0) is 31.2 Å². The van der Waals surface area contributed by atoms with Crippen LogP contribution in [-0.2, 0) is 16.0 Å². The molecular weight excluding hydrogens is 330 g/mol. The van der Waals surface area contributed by atoms with Crippen molar-refractivity contribution in [2.75, 3.05) is 7.05 Å². The molecule has 2 aromatic carbocycles. The van der Waals surface area contributed by atoms with E-state index >= 15 is 0 Å². The van der Waals surface area contributed by atoms with Gasteiger partial charge in [0.25, 0.3) is 0 Å². The van der Waals surface area contributed by atoms with Crippen LogP contribution in [0.1, 0.15) is 12.5 Å². The van der Waals surface area contributed by atoms with E-state index in [9.17, 15) is 9.59 Å². The fraction of sp³-hybridized carbons (Fsp3) is 0.222. The molecule has 0 aliphatic carbocycles. The molecular formula is C18H18ClNO4. The predicted octanol–water partition coefficient (Wildman–Crippen LogP) is 3.61. The summed E-state index contributed by atoms with van der Waals surface area (Å²) in [6.45, 7) is 1.47. The number of carbonyl (C=O) groups excluding carboxylic acids is 1. The summed E-state index contributed by atoms with van der Waals surface area (Å²) in [7, 11) is 1.47. The van der Waals surface area contributed by atoms with Crippen LogP contribution in [0.5, 0.6) is 11.5 Å². The third-order valence-corrected chi connectivity index (χ3v) is 3.91. The van der Waals surface area contributed by atoms with Gasteiger partial charge in [-0.3, -0.25) is 4.79 Å². The van der Waals surface area contributed by atoms with Gasteiger partial charge < -0.3 is 14.7 Å². The first-order valence-corrected chi connectivity index (χ1v) is 7.76. The van der Waals surface area contributed by atoms with Crippen LogP contribution in [0.3, 0.4) is 0 Å². The van der Waals surface area contributed by atoms with Crippen molar-refractivity contribution in [3.05, 3.63) is 59.1 Å². The Hall–Kier alpha value is -2.53. The molecule has 0 bridgehead atoms. The number of rotatable bonds is 6. The summed E-state index contributed by atoms with van der Waals surface area (Å²) in [6, 6.07) is 13.2. The number of carboxylic acid groups (broad SMARTS) is 1. The Labute approximate surface area is 145 Å². The number of ether oxygens (including phenoxy) is 1. The molecule has 0 fully saturated rings. The van der Waals surface area contributed by atoms with Crippen LogP contribution in [0.4, 0.5) is 0 Å². The number of amides is 1. The minimum absolute atomic E-state index is 0.0465. The second kappa shape index (κ2) is 7.84. The lowest BCUT2D eigenvalue weighted by Gasteiger charge is -2.22. The Kier molecular flexibility index (Phi) is 5.82. The van der Waals surface area contributed by atoms with Crippen LogP contribution in [0.25, 0.3) is 0 Å². The Balaban J connectivity index is 2.17. The summed E-state index contributed by atoms with van der Waals surface area (Å²) in [5.41, 5.74) is 0.673. The zero-order chi connectivity index (χ0) is 17.7. The van der Waals surface area contributed by atoms with Gasteiger partial charge in [-0.15, -0.1) is 0 Å². The molecule has 2 rings (SSSR count). The van der Waals surface area contributed by atoms with E-state index in [1.165, 1.54) is 18.9 Å². The minimum Gasteiger partial charge on any atom is -0.480 e. The third kappa shape index (κ3) is 4.49. The van der Waals surface area contributed by atoms with E-state index in [4.69, 9.17) is 21.4 Å². The van der Waals surface area contributed by atoms with Crippen molar-refractivity contribution in [3.8, 4) is 11.5 Å². The maximum atomic E-state index is 12.3. The molecule has 126 valence electrons. The molecule has 0 aromatic heterocycles. The van der Waals surface area contributed by atoms with Gasteiger partial charge >= 0.3 is 5.97 Å². The first kappa shape index (κ1) is 17.8. The molecule has 2 aromatic rings. The van der Waals surface area contributed by atoms with Crippen molar-refractivity contribution in [1.29, 1.82) is 0 Å². The highest BCUT2D eigenvalue weighted by Gasteiger charge is 2.22. The molecule has 24 heavy (non-hydrogen) atoms. The van der Waals surface area contributed by atoms with Gasteiger partial charge in [-0.25, -0.2) is 4.79 Å². The number of para-hydroxylation sites is 1. The topological polar surface area (TPSA) is 66.8 Å². The van der Waals surface area contributed by atoms with E-state index in [0.717, 1.165) is 0 Å². The number of likely N-dealkylation sites (N-methyl/N-ethyl adjacent to an activating group) is 1. The molecule has 5 nitrogen and oxygen atoms in total. The maximum Gasteiger partial charge on any atom is 0.326 e. The SMILES string of the molecule is CC(C(=O)O)N(C)C(=O)Cc1ccccc1Oc1cccc(Cl)c1. The van der Waals surface area contributed by atoms with Crippen molar-refractivity contribution in [3.63, 3.8) is 0 Å². The first-order valence-electron chi connectivity index (χ1n) is 7.38. The number of carbonyl (C=O) groups is 2. The zero-order valence-corrected chi connectivity index (χ0v) is 14.2. The largest absolute Gasteiger partial charge is 0.480 e. The van der Waals surface area contributed by atoms with Crippen molar-refractivity contribution >= 4 is 23.5 Å². The van der Waals surface area contributed by atoms with Gasteiger partial charge in [0.05, 0.1) is 6.42 Å². The van der Waals surface area contributed by atoms with Crippen LogP contribution in [-0.4, -0.2) is 35.0 Å². The minimum atomic E-state index is -1.05. The lowest BCUT2D eigenvalue weighted by Crippen LogP contribution is -2.41. The summed E-state index contributed by atoms with van der Waals surface area (Å²) < 4.78 is 5.81.